The Labute approximate surface area is 211 Å². The fraction of sp³-hybridized carbons (Fsp3) is 0.462. The lowest BCUT2D eigenvalue weighted by Gasteiger charge is -2.36. The van der Waals surface area contributed by atoms with E-state index in [-0.39, 0.29) is 49.0 Å². The molecule has 2 aromatic rings. The van der Waals surface area contributed by atoms with Crippen molar-refractivity contribution in [3.8, 4) is 5.75 Å². The number of nitrogens with zero attached hydrogens (tertiary/aromatic N) is 3. The number of benzene rings is 1. The second kappa shape index (κ2) is 12.5. The normalized spacial score (nSPS) is 21.0. The van der Waals surface area contributed by atoms with E-state index in [1.165, 1.54) is 7.11 Å². The van der Waals surface area contributed by atoms with Crippen LogP contribution in [0.3, 0.4) is 0 Å². The van der Waals surface area contributed by atoms with E-state index >= 15 is 0 Å². The van der Waals surface area contributed by atoms with Crippen molar-refractivity contribution in [2.45, 2.75) is 26.0 Å². The molecule has 10 heteroatoms. The Morgan fingerprint density at radius 1 is 1.14 bits per heavy atom. The molecule has 0 saturated carbocycles. The van der Waals surface area contributed by atoms with Crippen LogP contribution in [0.2, 0.25) is 0 Å². The molecule has 0 saturated heterocycles. The van der Waals surface area contributed by atoms with Gasteiger partial charge in [-0.15, -0.1) is 0 Å². The van der Waals surface area contributed by atoms with E-state index < -0.39 is 0 Å². The summed E-state index contributed by atoms with van der Waals surface area (Å²) in [4.78, 5) is 46.1. The van der Waals surface area contributed by atoms with E-state index in [2.05, 4.69) is 10.3 Å². The van der Waals surface area contributed by atoms with Gasteiger partial charge in [0, 0.05) is 70.0 Å². The Balaban J connectivity index is 1.97. The lowest BCUT2D eigenvalue weighted by molar-refractivity contribution is -0.119. The van der Waals surface area contributed by atoms with E-state index in [9.17, 15) is 14.4 Å². The molecule has 0 spiro atoms. The number of methoxy groups -OCH3 is 2. The highest BCUT2D eigenvalue weighted by atomic mass is 16.5. The SMILES string of the molecule is COCC(=O)Nc1ccc2c(c1)OC[C@H](C)N(C(=O)c1ccncc1)C[C@H](C)[C@H](OC)CN(C)C2=O. The summed E-state index contributed by atoms with van der Waals surface area (Å²) in [7, 11) is 4.74. The van der Waals surface area contributed by atoms with Crippen LogP contribution in [0.15, 0.2) is 42.7 Å². The molecule has 3 rings (SSSR count). The van der Waals surface area contributed by atoms with Crippen molar-refractivity contribution in [2.24, 2.45) is 5.92 Å². The summed E-state index contributed by atoms with van der Waals surface area (Å²) in [6, 6.07) is 7.92. The number of carbonyl (C=O) groups excluding carboxylic acids is 3. The maximum atomic E-state index is 13.4. The summed E-state index contributed by atoms with van der Waals surface area (Å²) in [6.45, 7) is 4.68. The number of ether oxygens (including phenoxy) is 3. The first-order valence-electron chi connectivity index (χ1n) is 11.8. The fourth-order valence-corrected chi connectivity index (χ4v) is 4.12. The summed E-state index contributed by atoms with van der Waals surface area (Å²) in [5.74, 6) is -0.443. The molecule has 36 heavy (non-hydrogen) atoms. The van der Waals surface area contributed by atoms with Gasteiger partial charge in [-0.1, -0.05) is 6.92 Å². The van der Waals surface area contributed by atoms with Gasteiger partial charge in [0.05, 0.1) is 17.7 Å². The van der Waals surface area contributed by atoms with Crippen LogP contribution in [0.5, 0.6) is 5.75 Å². The Bertz CT molecular complexity index is 1060. The molecule has 1 aromatic heterocycles. The highest BCUT2D eigenvalue weighted by Crippen LogP contribution is 2.27. The average Bonchev–Trinajstić information content (AvgIpc) is 2.88. The summed E-state index contributed by atoms with van der Waals surface area (Å²) in [5.41, 5.74) is 1.35. The molecule has 0 bridgehead atoms. The topological polar surface area (TPSA) is 110 Å². The van der Waals surface area contributed by atoms with Crippen molar-refractivity contribution in [3.63, 3.8) is 0 Å². The van der Waals surface area contributed by atoms with Crippen molar-refractivity contribution >= 4 is 23.4 Å². The van der Waals surface area contributed by atoms with E-state index in [1.807, 2.05) is 13.8 Å². The number of carbonyl (C=O) groups is 3. The molecule has 3 amide bonds. The molecule has 1 aliphatic rings. The molecular weight excluding hydrogens is 464 g/mol. The maximum Gasteiger partial charge on any atom is 0.257 e. The number of pyridine rings is 1. The predicted molar refractivity (Wildman–Crippen MR) is 134 cm³/mol. The Morgan fingerprint density at radius 2 is 1.86 bits per heavy atom. The van der Waals surface area contributed by atoms with Gasteiger partial charge in [0.15, 0.2) is 0 Å². The predicted octanol–water partition coefficient (Wildman–Crippen LogP) is 2.31. The van der Waals surface area contributed by atoms with Gasteiger partial charge in [-0.2, -0.15) is 0 Å². The first-order valence-corrected chi connectivity index (χ1v) is 11.8. The summed E-state index contributed by atoms with van der Waals surface area (Å²) >= 11 is 0. The zero-order chi connectivity index (χ0) is 26.2. The zero-order valence-corrected chi connectivity index (χ0v) is 21.4. The van der Waals surface area contributed by atoms with E-state index in [0.717, 1.165) is 0 Å². The summed E-state index contributed by atoms with van der Waals surface area (Å²) in [5, 5.41) is 2.73. The molecule has 194 valence electrons. The third-order valence-electron chi connectivity index (χ3n) is 6.19. The minimum Gasteiger partial charge on any atom is -0.491 e. The van der Waals surface area contributed by atoms with Crippen LogP contribution in [0.1, 0.15) is 34.6 Å². The van der Waals surface area contributed by atoms with Gasteiger partial charge < -0.3 is 29.3 Å². The van der Waals surface area contributed by atoms with Crippen LogP contribution < -0.4 is 10.1 Å². The summed E-state index contributed by atoms with van der Waals surface area (Å²) < 4.78 is 16.7. The average molecular weight is 499 g/mol. The van der Waals surface area contributed by atoms with Gasteiger partial charge in [-0.3, -0.25) is 19.4 Å². The van der Waals surface area contributed by atoms with Crippen molar-refractivity contribution in [3.05, 3.63) is 53.9 Å². The Hall–Kier alpha value is -3.50. The number of anilines is 1. The van der Waals surface area contributed by atoms with E-state index in [0.29, 0.717) is 35.7 Å². The van der Waals surface area contributed by atoms with Crippen LogP contribution in [0, 0.1) is 5.92 Å². The number of fused-ring (bicyclic) bond motifs is 1. The van der Waals surface area contributed by atoms with Crippen molar-refractivity contribution in [1.29, 1.82) is 0 Å². The Kier molecular flexibility index (Phi) is 9.38. The van der Waals surface area contributed by atoms with Gasteiger partial charge in [-0.25, -0.2) is 0 Å². The molecule has 3 atom stereocenters. The number of aromatic nitrogens is 1. The molecular formula is C26H34N4O6. The van der Waals surface area contributed by atoms with Crippen molar-refractivity contribution in [2.75, 3.05) is 52.9 Å². The molecule has 1 aliphatic heterocycles. The molecule has 0 radical (unpaired) electrons. The number of hydrogen-bond acceptors (Lipinski definition) is 7. The third kappa shape index (κ3) is 6.58. The second-order valence-corrected chi connectivity index (χ2v) is 8.98. The van der Waals surface area contributed by atoms with E-state index in [1.54, 1.807) is 66.7 Å². The largest absolute Gasteiger partial charge is 0.491 e. The zero-order valence-electron chi connectivity index (χ0n) is 21.4. The lowest BCUT2D eigenvalue weighted by atomic mass is 10.0. The maximum absolute atomic E-state index is 13.4. The summed E-state index contributed by atoms with van der Waals surface area (Å²) in [6.07, 6.45) is 2.88. The number of nitrogens with one attached hydrogen (secondary N) is 1. The molecule has 1 N–H and O–H groups in total. The van der Waals surface area contributed by atoms with Crippen LogP contribution in [-0.4, -0.2) is 92.2 Å². The van der Waals surface area contributed by atoms with Crippen LogP contribution in [0.25, 0.3) is 0 Å². The highest BCUT2D eigenvalue weighted by Gasteiger charge is 2.30. The van der Waals surface area contributed by atoms with Crippen LogP contribution >= 0.6 is 0 Å². The third-order valence-corrected chi connectivity index (χ3v) is 6.19. The van der Waals surface area contributed by atoms with Crippen molar-refractivity contribution in [1.82, 2.24) is 14.8 Å². The number of hydrogen-bond donors (Lipinski definition) is 1. The van der Waals surface area contributed by atoms with Gasteiger partial charge in [0.25, 0.3) is 11.8 Å². The molecule has 0 unspecified atom stereocenters. The first-order chi connectivity index (χ1) is 17.2. The van der Waals surface area contributed by atoms with Gasteiger partial charge in [-0.05, 0) is 31.2 Å². The quantitative estimate of drug-likeness (QED) is 0.674. The van der Waals surface area contributed by atoms with Crippen molar-refractivity contribution < 1.29 is 28.6 Å². The van der Waals surface area contributed by atoms with Crippen LogP contribution in [0.4, 0.5) is 5.69 Å². The number of likely N-dealkylation sites (N-methyl/N-ethyl adjacent to an activating group) is 1. The molecule has 10 nitrogen and oxygen atoms in total. The monoisotopic (exact) mass is 498 g/mol. The minimum absolute atomic E-state index is 0.0595. The molecule has 2 heterocycles. The molecule has 1 aromatic carbocycles. The first kappa shape index (κ1) is 27.1. The number of amides is 3. The standard InChI is InChI=1S/C26H34N4O6/c1-17-13-30(25(32)19-8-10-27-11-9-19)18(2)15-36-22-12-20(28-24(31)16-34-4)6-7-21(22)26(33)29(3)14-23(17)35-5/h6-12,17-18,23H,13-16H2,1-5H3,(H,28,31)/t17-,18-,23+/m0/s1. The molecule has 0 aliphatic carbocycles. The van der Waals surface area contributed by atoms with Gasteiger partial charge in [0.1, 0.15) is 19.0 Å². The second-order valence-electron chi connectivity index (χ2n) is 8.98. The highest BCUT2D eigenvalue weighted by molar-refractivity contribution is 5.98. The van der Waals surface area contributed by atoms with Gasteiger partial charge >= 0.3 is 0 Å². The fourth-order valence-electron chi connectivity index (χ4n) is 4.12. The molecule has 0 fully saturated rings. The van der Waals surface area contributed by atoms with Gasteiger partial charge in [0.2, 0.25) is 5.91 Å². The van der Waals surface area contributed by atoms with E-state index in [4.69, 9.17) is 14.2 Å². The Morgan fingerprint density at radius 3 is 2.53 bits per heavy atom. The van der Waals surface area contributed by atoms with Crippen LogP contribution in [-0.2, 0) is 14.3 Å². The number of rotatable bonds is 5. The minimum atomic E-state index is -0.325. The lowest BCUT2D eigenvalue weighted by Crippen LogP contribution is -2.48. The smallest absolute Gasteiger partial charge is 0.257 e.